The minimum atomic E-state index is 0.565. The van der Waals surface area contributed by atoms with E-state index in [1.807, 2.05) is 0 Å². The lowest BCUT2D eigenvalue weighted by molar-refractivity contribution is 0.158. The summed E-state index contributed by atoms with van der Waals surface area (Å²) in [5.41, 5.74) is 0.565. The van der Waals surface area contributed by atoms with Gasteiger partial charge in [-0.1, -0.05) is 33.1 Å². The molecule has 1 nitrogen and oxygen atoms in total. The lowest BCUT2D eigenvalue weighted by Crippen LogP contribution is -2.33. The van der Waals surface area contributed by atoms with Crippen molar-refractivity contribution in [1.29, 1.82) is 0 Å². The van der Waals surface area contributed by atoms with Crippen molar-refractivity contribution in [3.8, 4) is 0 Å². The van der Waals surface area contributed by atoms with Gasteiger partial charge in [0.1, 0.15) is 0 Å². The Bertz CT molecular complexity index is 149. The molecule has 0 aromatic rings. The molecule has 1 heteroatoms. The fourth-order valence-corrected chi connectivity index (χ4v) is 2.44. The highest BCUT2D eigenvalue weighted by molar-refractivity contribution is 4.79. The molecular formula is C12H25N. The van der Waals surface area contributed by atoms with Crippen LogP contribution in [0.3, 0.4) is 0 Å². The van der Waals surface area contributed by atoms with Crippen LogP contribution in [0.1, 0.15) is 52.4 Å². The average Bonchev–Trinajstić information content (AvgIpc) is 1.97. The first-order valence-electron chi connectivity index (χ1n) is 5.68. The maximum atomic E-state index is 2.43. The predicted molar refractivity (Wildman–Crippen MR) is 59.0 cm³/mol. The third-order valence-electron chi connectivity index (χ3n) is 3.41. The van der Waals surface area contributed by atoms with E-state index < -0.39 is 0 Å². The van der Waals surface area contributed by atoms with Gasteiger partial charge in [-0.3, -0.25) is 0 Å². The van der Waals surface area contributed by atoms with E-state index in [2.05, 4.69) is 32.8 Å². The van der Waals surface area contributed by atoms with E-state index in [9.17, 15) is 0 Å². The van der Waals surface area contributed by atoms with Crippen molar-refractivity contribution in [1.82, 2.24) is 4.90 Å². The second-order valence-corrected chi connectivity index (χ2v) is 5.59. The number of hydrogen-bond acceptors (Lipinski definition) is 1. The predicted octanol–water partition coefficient (Wildman–Crippen LogP) is 3.30. The first-order chi connectivity index (χ1) is 6.01. The van der Waals surface area contributed by atoms with Gasteiger partial charge in [0.05, 0.1) is 0 Å². The van der Waals surface area contributed by atoms with Gasteiger partial charge in [-0.05, 0) is 38.8 Å². The Morgan fingerprint density at radius 1 is 1.08 bits per heavy atom. The van der Waals surface area contributed by atoms with Gasteiger partial charge in [0.15, 0.2) is 0 Å². The molecule has 0 bridgehead atoms. The van der Waals surface area contributed by atoms with Crippen LogP contribution >= 0.6 is 0 Å². The van der Waals surface area contributed by atoms with Gasteiger partial charge in [0, 0.05) is 6.04 Å². The van der Waals surface area contributed by atoms with Crippen molar-refractivity contribution < 1.29 is 0 Å². The van der Waals surface area contributed by atoms with Crippen molar-refractivity contribution in [3.63, 3.8) is 0 Å². The minimum absolute atomic E-state index is 0.565. The van der Waals surface area contributed by atoms with Gasteiger partial charge in [-0.2, -0.15) is 0 Å². The Labute approximate surface area is 83.5 Å². The second-order valence-electron chi connectivity index (χ2n) is 5.59. The van der Waals surface area contributed by atoms with Crippen molar-refractivity contribution >= 4 is 0 Å². The van der Waals surface area contributed by atoms with Crippen molar-refractivity contribution in [2.45, 2.75) is 58.4 Å². The summed E-state index contributed by atoms with van der Waals surface area (Å²) in [7, 11) is 4.45. The molecule has 13 heavy (non-hydrogen) atoms. The molecule has 0 N–H and O–H groups in total. The summed E-state index contributed by atoms with van der Waals surface area (Å²) in [4.78, 5) is 2.41. The molecule has 1 atom stereocenters. The summed E-state index contributed by atoms with van der Waals surface area (Å²) in [6, 6.07) is 0.815. The number of hydrogen-bond donors (Lipinski definition) is 0. The summed E-state index contributed by atoms with van der Waals surface area (Å²) >= 11 is 0. The fourth-order valence-electron chi connectivity index (χ4n) is 2.44. The Balaban J connectivity index is 2.53. The summed E-state index contributed by atoms with van der Waals surface area (Å²) in [5, 5.41) is 0. The second kappa shape index (κ2) is 4.45. The van der Waals surface area contributed by atoms with Crippen LogP contribution in [0.4, 0.5) is 0 Å². The Morgan fingerprint density at radius 3 is 2.38 bits per heavy atom. The molecule has 0 aromatic heterocycles. The molecule has 0 amide bonds. The zero-order valence-corrected chi connectivity index (χ0v) is 9.77. The van der Waals surface area contributed by atoms with Crippen LogP contribution < -0.4 is 0 Å². The third kappa shape index (κ3) is 3.68. The smallest absolute Gasteiger partial charge is 0.00942 e. The Kier molecular flexibility index (Phi) is 3.78. The first-order valence-corrected chi connectivity index (χ1v) is 5.68. The third-order valence-corrected chi connectivity index (χ3v) is 3.41. The molecule has 1 rings (SSSR count). The van der Waals surface area contributed by atoms with Crippen LogP contribution in [-0.4, -0.2) is 25.0 Å². The summed E-state index contributed by atoms with van der Waals surface area (Å²) in [6.07, 6.45) is 8.49. The number of rotatable bonds is 1. The zero-order valence-electron chi connectivity index (χ0n) is 9.77. The molecule has 1 aliphatic rings. The van der Waals surface area contributed by atoms with E-state index in [1.54, 1.807) is 0 Å². The van der Waals surface area contributed by atoms with Gasteiger partial charge < -0.3 is 4.90 Å². The van der Waals surface area contributed by atoms with Crippen LogP contribution in [0.5, 0.6) is 0 Å². The van der Waals surface area contributed by atoms with E-state index in [0.29, 0.717) is 5.41 Å². The van der Waals surface area contributed by atoms with Crippen molar-refractivity contribution in [3.05, 3.63) is 0 Å². The number of nitrogens with zero attached hydrogens (tertiary/aromatic N) is 1. The highest BCUT2D eigenvalue weighted by Crippen LogP contribution is 2.34. The standard InChI is InChI=1S/C12H25N/c1-12(2)9-7-5-6-8-11(10-12)13(3)4/h11H,5-10H2,1-4H3. The SMILES string of the molecule is CN(C)C1CCCCCC(C)(C)C1. The van der Waals surface area contributed by atoms with Gasteiger partial charge in [-0.25, -0.2) is 0 Å². The van der Waals surface area contributed by atoms with Gasteiger partial charge in [-0.15, -0.1) is 0 Å². The van der Waals surface area contributed by atoms with Gasteiger partial charge >= 0.3 is 0 Å². The molecule has 1 aliphatic carbocycles. The summed E-state index contributed by atoms with van der Waals surface area (Å²) in [6.45, 7) is 4.85. The van der Waals surface area contributed by atoms with E-state index >= 15 is 0 Å². The van der Waals surface area contributed by atoms with Crippen LogP contribution in [0.25, 0.3) is 0 Å². The first kappa shape index (κ1) is 11.0. The maximum Gasteiger partial charge on any atom is 0.00942 e. The van der Waals surface area contributed by atoms with Crippen LogP contribution in [0.2, 0.25) is 0 Å². The summed E-state index contributed by atoms with van der Waals surface area (Å²) < 4.78 is 0. The van der Waals surface area contributed by atoms with Crippen LogP contribution in [0, 0.1) is 5.41 Å². The minimum Gasteiger partial charge on any atom is -0.306 e. The van der Waals surface area contributed by atoms with E-state index in [-0.39, 0.29) is 0 Å². The molecule has 0 spiro atoms. The van der Waals surface area contributed by atoms with Gasteiger partial charge in [0.2, 0.25) is 0 Å². The molecule has 0 heterocycles. The van der Waals surface area contributed by atoms with E-state index in [0.717, 1.165) is 6.04 Å². The van der Waals surface area contributed by atoms with Crippen LogP contribution in [0.15, 0.2) is 0 Å². The molecule has 0 aromatic carbocycles. The molecule has 0 aliphatic heterocycles. The van der Waals surface area contributed by atoms with Crippen molar-refractivity contribution in [2.24, 2.45) is 5.41 Å². The van der Waals surface area contributed by atoms with E-state index in [1.165, 1.54) is 38.5 Å². The zero-order chi connectivity index (χ0) is 9.90. The fraction of sp³-hybridized carbons (Fsp3) is 1.00. The van der Waals surface area contributed by atoms with E-state index in [4.69, 9.17) is 0 Å². The quantitative estimate of drug-likeness (QED) is 0.603. The molecule has 1 unspecified atom stereocenters. The molecular weight excluding hydrogens is 158 g/mol. The average molecular weight is 183 g/mol. The lowest BCUT2D eigenvalue weighted by Gasteiger charge is -2.35. The lowest BCUT2D eigenvalue weighted by atomic mass is 9.77. The highest BCUT2D eigenvalue weighted by atomic mass is 15.1. The topological polar surface area (TPSA) is 3.24 Å². The monoisotopic (exact) mass is 183 g/mol. The summed E-state index contributed by atoms with van der Waals surface area (Å²) in [5.74, 6) is 0. The molecule has 0 radical (unpaired) electrons. The highest BCUT2D eigenvalue weighted by Gasteiger charge is 2.25. The van der Waals surface area contributed by atoms with Crippen molar-refractivity contribution in [2.75, 3.05) is 14.1 Å². The van der Waals surface area contributed by atoms with Crippen LogP contribution in [-0.2, 0) is 0 Å². The molecule has 1 saturated carbocycles. The molecule has 1 fully saturated rings. The molecule has 78 valence electrons. The Hall–Kier alpha value is -0.0400. The maximum absolute atomic E-state index is 2.43. The largest absolute Gasteiger partial charge is 0.306 e. The van der Waals surface area contributed by atoms with Gasteiger partial charge in [0.25, 0.3) is 0 Å². The normalized spacial score (nSPS) is 29.8. The Morgan fingerprint density at radius 2 is 1.77 bits per heavy atom. The molecule has 0 saturated heterocycles.